The maximum Gasteiger partial charge on any atom is 0.330 e. The molecule has 0 N–H and O–H groups in total. The standard InChI is InChI=1S/C22H28O3/c1-6-24-20(23)11-15(2)7-8-17-13-22(17,5)16-9-10-19-18(12-16)21(3,4)14-25-19/h7-12,17H,6,13-14H2,1-5H3/b8-7+,15-11+/t17-,22-/m1/s1. The molecule has 3 rings (SSSR count). The van der Waals surface area contributed by atoms with E-state index in [0.29, 0.717) is 12.5 Å². The highest BCUT2D eigenvalue weighted by molar-refractivity contribution is 5.83. The predicted molar refractivity (Wildman–Crippen MR) is 100.0 cm³/mol. The van der Waals surface area contributed by atoms with Crippen LogP contribution in [0, 0.1) is 5.92 Å². The monoisotopic (exact) mass is 340 g/mol. The number of rotatable bonds is 5. The van der Waals surface area contributed by atoms with E-state index in [0.717, 1.165) is 24.4 Å². The predicted octanol–water partition coefficient (Wildman–Crippen LogP) is 4.70. The second kappa shape index (κ2) is 6.36. The molecule has 1 aromatic carbocycles. The van der Waals surface area contributed by atoms with Gasteiger partial charge in [-0.15, -0.1) is 0 Å². The van der Waals surface area contributed by atoms with E-state index in [2.05, 4.69) is 45.0 Å². The van der Waals surface area contributed by atoms with Crippen molar-refractivity contribution in [3.63, 3.8) is 0 Å². The van der Waals surface area contributed by atoms with Gasteiger partial charge in [-0.3, -0.25) is 0 Å². The van der Waals surface area contributed by atoms with Crippen LogP contribution >= 0.6 is 0 Å². The lowest BCUT2D eigenvalue weighted by molar-refractivity contribution is -0.137. The summed E-state index contributed by atoms with van der Waals surface area (Å²) in [4.78, 5) is 11.5. The Labute approximate surface area is 150 Å². The highest BCUT2D eigenvalue weighted by atomic mass is 16.5. The van der Waals surface area contributed by atoms with Crippen LogP contribution in [0.25, 0.3) is 0 Å². The number of fused-ring (bicyclic) bond motifs is 1. The SMILES string of the molecule is CCOC(=O)/C=C(C)/C=C/[C@@H]1C[C@]1(C)c1ccc2c(c1)C(C)(C)CO2. The minimum Gasteiger partial charge on any atom is -0.492 e. The van der Waals surface area contributed by atoms with E-state index in [1.165, 1.54) is 11.1 Å². The topological polar surface area (TPSA) is 35.5 Å². The molecule has 1 heterocycles. The average molecular weight is 340 g/mol. The summed E-state index contributed by atoms with van der Waals surface area (Å²) in [6, 6.07) is 6.66. The molecule has 2 aliphatic rings. The summed E-state index contributed by atoms with van der Waals surface area (Å²) in [5.41, 5.74) is 3.89. The molecular weight excluding hydrogens is 312 g/mol. The Kier molecular flexibility index (Phi) is 4.52. The Morgan fingerprint density at radius 3 is 2.84 bits per heavy atom. The van der Waals surface area contributed by atoms with E-state index >= 15 is 0 Å². The smallest absolute Gasteiger partial charge is 0.330 e. The molecule has 25 heavy (non-hydrogen) atoms. The fourth-order valence-electron chi connectivity index (χ4n) is 3.57. The summed E-state index contributed by atoms with van der Waals surface area (Å²) in [6.07, 6.45) is 6.94. The highest BCUT2D eigenvalue weighted by Gasteiger charge is 2.50. The number of hydrogen-bond donors (Lipinski definition) is 0. The van der Waals surface area contributed by atoms with Crippen molar-refractivity contribution >= 4 is 5.97 Å². The molecule has 1 aliphatic heterocycles. The molecule has 1 aromatic rings. The zero-order valence-electron chi connectivity index (χ0n) is 15.9. The Bertz CT molecular complexity index is 742. The first-order valence-corrected chi connectivity index (χ1v) is 9.07. The average Bonchev–Trinajstić information content (AvgIpc) is 3.13. The Hall–Kier alpha value is -2.03. The number of ether oxygens (including phenoxy) is 2. The summed E-state index contributed by atoms with van der Waals surface area (Å²) < 4.78 is 10.7. The quantitative estimate of drug-likeness (QED) is 0.443. The van der Waals surface area contributed by atoms with Crippen molar-refractivity contribution in [1.29, 1.82) is 0 Å². The van der Waals surface area contributed by atoms with Gasteiger partial charge in [-0.25, -0.2) is 4.79 Å². The maximum atomic E-state index is 11.5. The zero-order chi connectivity index (χ0) is 18.2. The van der Waals surface area contributed by atoms with Gasteiger partial charge in [0.2, 0.25) is 0 Å². The van der Waals surface area contributed by atoms with Crippen molar-refractivity contribution in [2.45, 2.75) is 51.9 Å². The molecule has 1 fully saturated rings. The lowest BCUT2D eigenvalue weighted by Gasteiger charge is -2.18. The van der Waals surface area contributed by atoms with Gasteiger partial charge in [0, 0.05) is 17.1 Å². The van der Waals surface area contributed by atoms with Gasteiger partial charge in [0.15, 0.2) is 0 Å². The lowest BCUT2D eigenvalue weighted by atomic mass is 9.83. The number of esters is 1. The van der Waals surface area contributed by atoms with E-state index in [-0.39, 0.29) is 16.8 Å². The van der Waals surface area contributed by atoms with E-state index in [1.807, 2.05) is 19.9 Å². The largest absolute Gasteiger partial charge is 0.492 e. The fourth-order valence-corrected chi connectivity index (χ4v) is 3.57. The van der Waals surface area contributed by atoms with E-state index in [1.54, 1.807) is 6.08 Å². The van der Waals surface area contributed by atoms with Crippen molar-refractivity contribution in [2.24, 2.45) is 5.92 Å². The van der Waals surface area contributed by atoms with E-state index < -0.39 is 0 Å². The van der Waals surface area contributed by atoms with Gasteiger partial charge in [-0.05, 0) is 48.8 Å². The summed E-state index contributed by atoms with van der Waals surface area (Å²) in [5.74, 6) is 1.25. The van der Waals surface area contributed by atoms with Crippen LogP contribution in [0.5, 0.6) is 5.75 Å². The Balaban J connectivity index is 1.72. The molecule has 0 bridgehead atoms. The van der Waals surface area contributed by atoms with Crippen molar-refractivity contribution in [3.05, 3.63) is 53.1 Å². The van der Waals surface area contributed by atoms with Crippen LogP contribution in [-0.4, -0.2) is 19.2 Å². The molecule has 2 atom stereocenters. The molecule has 1 aliphatic carbocycles. The first-order chi connectivity index (χ1) is 11.8. The molecule has 134 valence electrons. The molecule has 3 heteroatoms. The highest BCUT2D eigenvalue weighted by Crippen LogP contribution is 2.56. The number of carbonyl (C=O) groups is 1. The first-order valence-electron chi connectivity index (χ1n) is 9.07. The third kappa shape index (κ3) is 3.51. The van der Waals surface area contributed by atoms with Gasteiger partial charge in [-0.1, -0.05) is 45.1 Å². The van der Waals surface area contributed by atoms with Gasteiger partial charge in [0.25, 0.3) is 0 Å². The lowest BCUT2D eigenvalue weighted by Crippen LogP contribution is -2.18. The summed E-state index contributed by atoms with van der Waals surface area (Å²) in [7, 11) is 0. The van der Waals surface area contributed by atoms with Crippen molar-refractivity contribution < 1.29 is 14.3 Å². The summed E-state index contributed by atoms with van der Waals surface area (Å²) >= 11 is 0. The zero-order valence-corrected chi connectivity index (χ0v) is 15.9. The number of hydrogen-bond acceptors (Lipinski definition) is 3. The molecule has 0 unspecified atom stereocenters. The molecule has 1 saturated carbocycles. The van der Waals surface area contributed by atoms with Crippen molar-refractivity contribution in [2.75, 3.05) is 13.2 Å². The van der Waals surface area contributed by atoms with Crippen LogP contribution in [0.2, 0.25) is 0 Å². The molecule has 3 nitrogen and oxygen atoms in total. The second-order valence-electron chi connectivity index (χ2n) is 8.11. The van der Waals surface area contributed by atoms with Crippen molar-refractivity contribution in [1.82, 2.24) is 0 Å². The third-order valence-corrected chi connectivity index (χ3v) is 5.48. The Morgan fingerprint density at radius 2 is 2.12 bits per heavy atom. The summed E-state index contributed by atoms with van der Waals surface area (Å²) in [6.45, 7) is 11.7. The van der Waals surface area contributed by atoms with Crippen LogP contribution in [-0.2, 0) is 20.4 Å². The van der Waals surface area contributed by atoms with Gasteiger partial charge < -0.3 is 9.47 Å². The molecule has 0 saturated heterocycles. The van der Waals surface area contributed by atoms with Gasteiger partial charge in [0.05, 0.1) is 13.2 Å². The van der Waals surface area contributed by atoms with E-state index in [4.69, 9.17) is 9.47 Å². The van der Waals surface area contributed by atoms with Gasteiger partial charge >= 0.3 is 5.97 Å². The molecule has 0 spiro atoms. The number of carbonyl (C=O) groups excluding carboxylic acids is 1. The third-order valence-electron chi connectivity index (χ3n) is 5.48. The van der Waals surface area contributed by atoms with Crippen LogP contribution in [0.1, 0.15) is 52.2 Å². The van der Waals surface area contributed by atoms with Gasteiger partial charge in [-0.2, -0.15) is 0 Å². The van der Waals surface area contributed by atoms with Gasteiger partial charge in [0.1, 0.15) is 5.75 Å². The van der Waals surface area contributed by atoms with Crippen LogP contribution in [0.4, 0.5) is 0 Å². The van der Waals surface area contributed by atoms with Crippen LogP contribution in [0.3, 0.4) is 0 Å². The van der Waals surface area contributed by atoms with Crippen LogP contribution in [0.15, 0.2) is 42.0 Å². The minimum absolute atomic E-state index is 0.0842. The summed E-state index contributed by atoms with van der Waals surface area (Å²) in [5, 5.41) is 0. The number of allylic oxidation sites excluding steroid dienone is 3. The second-order valence-corrected chi connectivity index (χ2v) is 8.11. The minimum atomic E-state index is -0.274. The maximum absolute atomic E-state index is 11.5. The molecular formula is C22H28O3. The van der Waals surface area contributed by atoms with E-state index in [9.17, 15) is 4.79 Å². The first kappa shape index (κ1) is 17.8. The molecule has 0 amide bonds. The normalized spacial score (nSPS) is 27.1. The van der Waals surface area contributed by atoms with Crippen molar-refractivity contribution in [3.8, 4) is 5.75 Å². The number of benzene rings is 1. The van der Waals surface area contributed by atoms with Crippen LogP contribution < -0.4 is 4.74 Å². The molecule has 0 aromatic heterocycles. The fraction of sp³-hybridized carbons (Fsp3) is 0.500. The Morgan fingerprint density at radius 1 is 1.36 bits per heavy atom. The molecule has 0 radical (unpaired) electrons.